The molecule has 8 nitrogen and oxygen atoms in total. The van der Waals surface area contributed by atoms with E-state index in [1.165, 1.54) is 44.9 Å². The Morgan fingerprint density at radius 2 is 1.02 bits per heavy atom. The highest BCUT2D eigenvalue weighted by Crippen LogP contribution is 2.36. The first kappa shape index (κ1) is 45.0. The number of unbranched alkanes of at least 4 members (excludes halogenated alkanes) is 15. The minimum Gasteiger partial charge on any atom is -0.462 e. The molecule has 1 atom stereocenters. The molecule has 0 aromatic heterocycles. The summed E-state index contributed by atoms with van der Waals surface area (Å²) in [5, 5.41) is 0. The third kappa shape index (κ3) is 36.7. The monoisotopic (exact) mass is 682 g/mol. The van der Waals surface area contributed by atoms with Gasteiger partial charge in [0.1, 0.15) is 6.61 Å². The maximum atomic E-state index is 12.3. The first-order valence-electron chi connectivity index (χ1n) is 18.4. The van der Waals surface area contributed by atoms with Crippen molar-refractivity contribution in [3.63, 3.8) is 0 Å². The Morgan fingerprint density at radius 3 is 1.53 bits per heavy atom. The molecule has 272 valence electrons. The summed E-state index contributed by atoms with van der Waals surface area (Å²) < 4.78 is 26.1. The summed E-state index contributed by atoms with van der Waals surface area (Å²) in [5.74, 6) is -0.902. The molecule has 0 saturated carbocycles. The second-order valence-corrected chi connectivity index (χ2v) is 13.4. The Labute approximate surface area is 286 Å². The van der Waals surface area contributed by atoms with Gasteiger partial charge in [-0.1, -0.05) is 146 Å². The summed E-state index contributed by atoms with van der Waals surface area (Å²) in [4.78, 5) is 42.4. The number of rotatable bonds is 33. The molecule has 9 heteroatoms. The number of ether oxygens (including phenoxy) is 2. The van der Waals surface area contributed by atoms with Gasteiger partial charge < -0.3 is 19.3 Å². The van der Waals surface area contributed by atoms with E-state index in [-0.39, 0.29) is 19.4 Å². The number of esters is 2. The normalized spacial score (nSPS) is 13.0. The van der Waals surface area contributed by atoms with E-state index in [2.05, 4.69) is 67.0 Å². The largest absolute Gasteiger partial charge is 0.469 e. The van der Waals surface area contributed by atoms with Crippen molar-refractivity contribution in [3.05, 3.63) is 48.6 Å². The number of phosphoric ester groups is 1. The summed E-state index contributed by atoms with van der Waals surface area (Å²) in [6, 6.07) is 0. The molecular formula is C38H67O8P. The maximum absolute atomic E-state index is 12.3. The number of carbonyl (C=O) groups is 2. The van der Waals surface area contributed by atoms with Gasteiger partial charge >= 0.3 is 19.8 Å². The van der Waals surface area contributed by atoms with Gasteiger partial charge in [0.15, 0.2) is 6.10 Å². The lowest BCUT2D eigenvalue weighted by molar-refractivity contribution is -0.161. The molecule has 0 fully saturated rings. The summed E-state index contributed by atoms with van der Waals surface area (Å²) in [6.07, 6.45) is 40.1. The van der Waals surface area contributed by atoms with E-state index >= 15 is 0 Å². The third-order valence-electron chi connectivity index (χ3n) is 7.61. The van der Waals surface area contributed by atoms with Crippen LogP contribution >= 0.6 is 7.82 Å². The zero-order valence-electron chi connectivity index (χ0n) is 29.7. The minimum absolute atomic E-state index is 0.206. The van der Waals surface area contributed by atoms with Crippen LogP contribution in [0.15, 0.2) is 48.6 Å². The van der Waals surface area contributed by atoms with Crippen molar-refractivity contribution >= 4 is 19.8 Å². The molecule has 0 aromatic rings. The van der Waals surface area contributed by atoms with E-state index in [1.54, 1.807) is 0 Å². The smallest absolute Gasteiger partial charge is 0.462 e. The highest BCUT2D eigenvalue weighted by molar-refractivity contribution is 7.46. The van der Waals surface area contributed by atoms with Gasteiger partial charge in [-0.15, -0.1) is 0 Å². The Hall–Kier alpha value is -1.99. The molecule has 0 saturated heterocycles. The number of carbonyl (C=O) groups excluding carboxylic acids is 2. The minimum atomic E-state index is -4.74. The average molecular weight is 683 g/mol. The lowest BCUT2D eigenvalue weighted by Crippen LogP contribution is -2.29. The quantitative estimate of drug-likeness (QED) is 0.0304. The molecule has 0 aromatic carbocycles. The second kappa shape index (κ2) is 33.9. The molecule has 0 aliphatic heterocycles. The molecule has 0 heterocycles. The van der Waals surface area contributed by atoms with Crippen LogP contribution in [0.5, 0.6) is 0 Å². The fourth-order valence-corrected chi connectivity index (χ4v) is 5.25. The molecule has 2 N–H and O–H groups in total. The molecule has 0 radical (unpaired) electrons. The van der Waals surface area contributed by atoms with Gasteiger partial charge in [0.05, 0.1) is 6.61 Å². The van der Waals surface area contributed by atoms with E-state index in [9.17, 15) is 14.2 Å². The Morgan fingerprint density at radius 1 is 0.574 bits per heavy atom. The highest BCUT2D eigenvalue weighted by atomic mass is 31.2. The van der Waals surface area contributed by atoms with E-state index in [0.29, 0.717) is 6.42 Å². The number of phosphoric acid groups is 1. The third-order valence-corrected chi connectivity index (χ3v) is 8.10. The molecule has 0 aliphatic carbocycles. The first-order chi connectivity index (χ1) is 22.8. The Balaban J connectivity index is 3.84. The topological polar surface area (TPSA) is 119 Å². The van der Waals surface area contributed by atoms with Gasteiger partial charge in [0.25, 0.3) is 0 Å². The SMILES string of the molecule is CC/C=C\C/C=C\C/C=C\C/C=C\CCCCCCCCCCCCC(=O)OC(COC(=O)CCCCCCCC)COP(=O)(O)O. The predicted molar refractivity (Wildman–Crippen MR) is 193 cm³/mol. The van der Waals surface area contributed by atoms with Crippen LogP contribution in [-0.2, 0) is 28.2 Å². The van der Waals surface area contributed by atoms with E-state index in [1.807, 2.05) is 0 Å². The van der Waals surface area contributed by atoms with Crippen molar-refractivity contribution < 1.29 is 37.9 Å². The summed E-state index contributed by atoms with van der Waals surface area (Å²) >= 11 is 0. The molecule has 0 rings (SSSR count). The van der Waals surface area contributed by atoms with Crippen molar-refractivity contribution in [1.82, 2.24) is 0 Å². The zero-order valence-corrected chi connectivity index (χ0v) is 30.6. The van der Waals surface area contributed by atoms with Crippen LogP contribution in [0.25, 0.3) is 0 Å². The van der Waals surface area contributed by atoms with Gasteiger partial charge in [0.2, 0.25) is 0 Å². The lowest BCUT2D eigenvalue weighted by atomic mass is 10.0. The van der Waals surface area contributed by atoms with Crippen LogP contribution in [0, 0.1) is 0 Å². The van der Waals surface area contributed by atoms with Gasteiger partial charge in [-0.05, 0) is 51.4 Å². The van der Waals surface area contributed by atoms with Crippen LogP contribution in [0.3, 0.4) is 0 Å². The molecular weight excluding hydrogens is 615 g/mol. The van der Waals surface area contributed by atoms with Crippen LogP contribution in [0.1, 0.15) is 162 Å². The van der Waals surface area contributed by atoms with Crippen molar-refractivity contribution in [2.75, 3.05) is 13.2 Å². The van der Waals surface area contributed by atoms with E-state index in [4.69, 9.17) is 19.3 Å². The van der Waals surface area contributed by atoms with Crippen molar-refractivity contribution in [2.24, 2.45) is 0 Å². The maximum Gasteiger partial charge on any atom is 0.469 e. The summed E-state index contributed by atoms with van der Waals surface area (Å²) in [7, 11) is -4.74. The molecule has 0 aliphatic rings. The molecule has 0 bridgehead atoms. The van der Waals surface area contributed by atoms with Crippen LogP contribution < -0.4 is 0 Å². The van der Waals surface area contributed by atoms with Gasteiger partial charge in [-0.25, -0.2) is 4.57 Å². The fourth-order valence-electron chi connectivity index (χ4n) is 4.89. The average Bonchev–Trinajstić information content (AvgIpc) is 3.04. The van der Waals surface area contributed by atoms with Gasteiger partial charge in [-0.3, -0.25) is 14.1 Å². The van der Waals surface area contributed by atoms with Gasteiger partial charge in [0, 0.05) is 12.8 Å². The first-order valence-corrected chi connectivity index (χ1v) is 20.0. The van der Waals surface area contributed by atoms with Crippen LogP contribution in [-0.4, -0.2) is 41.0 Å². The number of hydrogen-bond acceptors (Lipinski definition) is 6. The predicted octanol–water partition coefficient (Wildman–Crippen LogP) is 10.8. The van der Waals surface area contributed by atoms with Gasteiger partial charge in [-0.2, -0.15) is 0 Å². The molecule has 47 heavy (non-hydrogen) atoms. The van der Waals surface area contributed by atoms with E-state index < -0.39 is 32.5 Å². The Bertz CT molecular complexity index is 905. The van der Waals surface area contributed by atoms with Crippen molar-refractivity contribution in [3.8, 4) is 0 Å². The summed E-state index contributed by atoms with van der Waals surface area (Å²) in [6.45, 7) is 3.48. The summed E-state index contributed by atoms with van der Waals surface area (Å²) in [5.41, 5.74) is 0. The number of hydrogen-bond donors (Lipinski definition) is 2. The fraction of sp³-hybridized carbons (Fsp3) is 0.737. The Kier molecular flexibility index (Phi) is 32.5. The van der Waals surface area contributed by atoms with Crippen molar-refractivity contribution in [1.29, 1.82) is 0 Å². The van der Waals surface area contributed by atoms with E-state index in [0.717, 1.165) is 83.5 Å². The highest BCUT2D eigenvalue weighted by Gasteiger charge is 2.22. The standard InChI is InChI=1S/C38H67O8P/c1-3-5-7-9-11-12-13-14-15-16-17-18-19-20-21-22-23-24-25-26-27-29-31-33-38(40)46-36(35-45-47(41,42)43)34-44-37(39)32-30-28-10-8-6-4-2/h5,7,11-12,14-15,17-18,36H,3-4,6,8-10,13,16,19-35H2,1-2H3,(H2,41,42,43)/b7-5-,12-11-,15-14-,18-17-. The van der Waals surface area contributed by atoms with Crippen molar-refractivity contribution in [2.45, 2.75) is 168 Å². The number of allylic oxidation sites excluding steroid dienone is 8. The molecule has 1 unspecified atom stereocenters. The van der Waals surface area contributed by atoms with Crippen LogP contribution in [0.4, 0.5) is 0 Å². The molecule has 0 amide bonds. The van der Waals surface area contributed by atoms with Crippen LogP contribution in [0.2, 0.25) is 0 Å². The molecule has 0 spiro atoms. The second-order valence-electron chi connectivity index (χ2n) is 12.2. The zero-order chi connectivity index (χ0) is 34.7. The lowest BCUT2D eigenvalue weighted by Gasteiger charge is -2.18.